The molecular weight excluding hydrogens is 232 g/mol. The topological polar surface area (TPSA) is 45.9 Å². The molecule has 1 aromatic heterocycles. The number of ether oxygens (including phenoxy) is 1. The number of hydrogen-bond acceptors (Lipinski definition) is 4. The molecule has 1 aliphatic rings. The highest BCUT2D eigenvalue weighted by Crippen LogP contribution is 2.32. The monoisotopic (exact) mass is 250 g/mol. The van der Waals surface area contributed by atoms with Crippen LogP contribution in [0.25, 0.3) is 0 Å². The molecule has 0 spiro atoms. The van der Waals surface area contributed by atoms with Crippen LogP contribution >= 0.6 is 11.3 Å². The lowest BCUT2D eigenvalue weighted by atomic mass is 9.95. The zero-order chi connectivity index (χ0) is 12.3. The summed E-state index contributed by atoms with van der Waals surface area (Å²) in [7, 11) is 0. The Morgan fingerprint density at radius 1 is 1.47 bits per heavy atom. The molecular formula is C13H18N2OS. The Kier molecular flexibility index (Phi) is 4.14. The second-order valence-electron chi connectivity index (χ2n) is 4.85. The Bertz CT molecular complexity index is 402. The standard InChI is InChI=1S/C13H18N2OS/c1-9(2)11(7-14)12-8-17-13(15-12)10-3-5-16-6-4-10/h8-11H,3-6H2,1-2H3. The van der Waals surface area contributed by atoms with Crippen LogP contribution in [-0.2, 0) is 4.74 Å². The minimum atomic E-state index is -0.0696. The third kappa shape index (κ3) is 2.85. The van der Waals surface area contributed by atoms with Gasteiger partial charge in [-0.2, -0.15) is 5.26 Å². The van der Waals surface area contributed by atoms with Crippen molar-refractivity contribution in [3.63, 3.8) is 0 Å². The fraction of sp³-hybridized carbons (Fsp3) is 0.692. The first kappa shape index (κ1) is 12.5. The molecule has 2 heterocycles. The Balaban J connectivity index is 2.12. The van der Waals surface area contributed by atoms with E-state index in [9.17, 15) is 0 Å². The number of hydrogen-bond donors (Lipinski definition) is 0. The molecule has 1 aromatic rings. The van der Waals surface area contributed by atoms with Crippen LogP contribution in [0.3, 0.4) is 0 Å². The van der Waals surface area contributed by atoms with Crippen LogP contribution < -0.4 is 0 Å². The van der Waals surface area contributed by atoms with E-state index >= 15 is 0 Å². The van der Waals surface area contributed by atoms with E-state index in [1.54, 1.807) is 11.3 Å². The second-order valence-corrected chi connectivity index (χ2v) is 5.74. The van der Waals surface area contributed by atoms with Gasteiger partial charge >= 0.3 is 0 Å². The number of aromatic nitrogens is 1. The van der Waals surface area contributed by atoms with E-state index < -0.39 is 0 Å². The SMILES string of the molecule is CC(C)C(C#N)c1csc(C2CCOCC2)n1. The van der Waals surface area contributed by atoms with Crippen LogP contribution in [0.5, 0.6) is 0 Å². The van der Waals surface area contributed by atoms with Gasteiger partial charge in [0, 0.05) is 24.5 Å². The molecule has 1 unspecified atom stereocenters. The fourth-order valence-electron chi connectivity index (χ4n) is 2.13. The number of nitriles is 1. The average molecular weight is 250 g/mol. The van der Waals surface area contributed by atoms with E-state index in [1.807, 2.05) is 0 Å². The molecule has 0 aliphatic carbocycles. The largest absolute Gasteiger partial charge is 0.381 e. The molecule has 0 saturated carbocycles. The van der Waals surface area contributed by atoms with Gasteiger partial charge in [0.25, 0.3) is 0 Å². The molecule has 1 fully saturated rings. The van der Waals surface area contributed by atoms with Gasteiger partial charge in [0.1, 0.15) is 0 Å². The third-order valence-corrected chi connectivity index (χ3v) is 4.26. The van der Waals surface area contributed by atoms with Gasteiger partial charge in [-0.15, -0.1) is 11.3 Å². The molecule has 3 nitrogen and oxygen atoms in total. The van der Waals surface area contributed by atoms with Gasteiger partial charge in [-0.3, -0.25) is 0 Å². The first-order valence-corrected chi connectivity index (χ1v) is 7.03. The average Bonchev–Trinajstić information content (AvgIpc) is 2.80. The first-order chi connectivity index (χ1) is 8.22. The number of nitrogens with zero attached hydrogens (tertiary/aromatic N) is 2. The van der Waals surface area contributed by atoms with Crippen molar-refractivity contribution >= 4 is 11.3 Å². The minimum absolute atomic E-state index is 0.0696. The number of rotatable bonds is 3. The summed E-state index contributed by atoms with van der Waals surface area (Å²) in [6.45, 7) is 5.82. The Morgan fingerprint density at radius 3 is 2.76 bits per heavy atom. The second kappa shape index (κ2) is 5.61. The van der Waals surface area contributed by atoms with E-state index in [1.165, 1.54) is 5.01 Å². The van der Waals surface area contributed by atoms with Crippen molar-refractivity contribution in [2.75, 3.05) is 13.2 Å². The van der Waals surface area contributed by atoms with Crippen molar-refractivity contribution in [3.05, 3.63) is 16.1 Å². The van der Waals surface area contributed by atoms with Gasteiger partial charge < -0.3 is 4.74 Å². The van der Waals surface area contributed by atoms with Crippen LogP contribution in [0.1, 0.15) is 49.2 Å². The Morgan fingerprint density at radius 2 is 2.18 bits per heavy atom. The maximum Gasteiger partial charge on any atom is 0.0961 e. The van der Waals surface area contributed by atoms with Crippen LogP contribution in [0.2, 0.25) is 0 Å². The van der Waals surface area contributed by atoms with Crippen LogP contribution in [-0.4, -0.2) is 18.2 Å². The molecule has 1 aliphatic heterocycles. The van der Waals surface area contributed by atoms with Crippen molar-refractivity contribution in [3.8, 4) is 6.07 Å². The lowest BCUT2D eigenvalue weighted by molar-refractivity contribution is 0.0852. The molecule has 92 valence electrons. The first-order valence-electron chi connectivity index (χ1n) is 6.15. The predicted octanol–water partition coefficient (Wildman–Crippen LogP) is 3.30. The normalized spacial score (nSPS) is 19.2. The zero-order valence-electron chi connectivity index (χ0n) is 10.3. The molecule has 4 heteroatoms. The van der Waals surface area contributed by atoms with Crippen LogP contribution in [0, 0.1) is 17.2 Å². The summed E-state index contributed by atoms with van der Waals surface area (Å²) >= 11 is 1.70. The van der Waals surface area contributed by atoms with Crippen molar-refractivity contribution in [1.29, 1.82) is 5.26 Å². The van der Waals surface area contributed by atoms with Crippen molar-refractivity contribution in [2.24, 2.45) is 5.92 Å². The van der Waals surface area contributed by atoms with Gasteiger partial charge in [0.15, 0.2) is 0 Å². The molecule has 0 aromatic carbocycles. The number of thiazole rings is 1. The van der Waals surface area contributed by atoms with E-state index in [4.69, 9.17) is 10.00 Å². The summed E-state index contributed by atoms with van der Waals surface area (Å²) in [6, 6.07) is 2.35. The smallest absolute Gasteiger partial charge is 0.0961 e. The minimum Gasteiger partial charge on any atom is -0.381 e. The van der Waals surface area contributed by atoms with E-state index in [2.05, 4.69) is 30.3 Å². The molecule has 1 saturated heterocycles. The molecule has 1 atom stereocenters. The summed E-state index contributed by atoms with van der Waals surface area (Å²) in [5, 5.41) is 12.4. The summed E-state index contributed by atoms with van der Waals surface area (Å²) in [6.07, 6.45) is 2.12. The predicted molar refractivity (Wildman–Crippen MR) is 68.1 cm³/mol. The van der Waals surface area contributed by atoms with Gasteiger partial charge in [-0.05, 0) is 18.8 Å². The van der Waals surface area contributed by atoms with Gasteiger partial charge in [-0.1, -0.05) is 13.8 Å². The molecule has 2 rings (SSSR count). The molecule has 0 N–H and O–H groups in total. The quantitative estimate of drug-likeness (QED) is 0.827. The van der Waals surface area contributed by atoms with Crippen molar-refractivity contribution < 1.29 is 4.74 Å². The highest BCUT2D eigenvalue weighted by Gasteiger charge is 2.23. The summed E-state index contributed by atoms with van der Waals surface area (Å²) in [5.74, 6) is 0.790. The summed E-state index contributed by atoms with van der Waals surface area (Å²) < 4.78 is 5.36. The highest BCUT2D eigenvalue weighted by atomic mass is 32.1. The maximum atomic E-state index is 9.16. The van der Waals surface area contributed by atoms with Crippen molar-refractivity contribution in [1.82, 2.24) is 4.98 Å². The van der Waals surface area contributed by atoms with Gasteiger partial charge in [0.2, 0.25) is 0 Å². The van der Waals surface area contributed by atoms with Gasteiger partial charge in [0.05, 0.1) is 22.7 Å². The Labute approximate surface area is 106 Å². The van der Waals surface area contributed by atoms with Gasteiger partial charge in [-0.25, -0.2) is 4.98 Å². The summed E-state index contributed by atoms with van der Waals surface area (Å²) in [5.41, 5.74) is 0.953. The molecule has 0 radical (unpaired) electrons. The van der Waals surface area contributed by atoms with Crippen LogP contribution in [0.4, 0.5) is 0 Å². The van der Waals surface area contributed by atoms with E-state index in [0.717, 1.165) is 31.7 Å². The van der Waals surface area contributed by atoms with E-state index in [0.29, 0.717) is 11.8 Å². The molecule has 0 amide bonds. The highest BCUT2D eigenvalue weighted by molar-refractivity contribution is 7.09. The summed E-state index contributed by atoms with van der Waals surface area (Å²) in [4.78, 5) is 4.67. The zero-order valence-corrected chi connectivity index (χ0v) is 11.2. The molecule has 17 heavy (non-hydrogen) atoms. The molecule has 0 bridgehead atoms. The third-order valence-electron chi connectivity index (χ3n) is 3.23. The fourth-order valence-corrected chi connectivity index (χ4v) is 3.16. The lowest BCUT2D eigenvalue weighted by Crippen LogP contribution is -2.14. The van der Waals surface area contributed by atoms with Crippen molar-refractivity contribution in [2.45, 2.75) is 38.5 Å². The maximum absolute atomic E-state index is 9.16. The lowest BCUT2D eigenvalue weighted by Gasteiger charge is -2.19. The Hall–Kier alpha value is -0.920. The van der Waals surface area contributed by atoms with E-state index in [-0.39, 0.29) is 5.92 Å². The van der Waals surface area contributed by atoms with Crippen LogP contribution in [0.15, 0.2) is 5.38 Å².